The smallest absolute Gasteiger partial charge is 0.242 e. The summed E-state index contributed by atoms with van der Waals surface area (Å²) in [6.07, 6.45) is 3.47. The van der Waals surface area contributed by atoms with E-state index in [4.69, 9.17) is 0 Å². The fraction of sp³-hybridized carbons (Fsp3) is 0.286. The Labute approximate surface area is 106 Å². The molecule has 0 aliphatic heterocycles. The Morgan fingerprint density at radius 3 is 2.44 bits per heavy atom. The average Bonchev–Trinajstić information content (AvgIpc) is 2.42. The van der Waals surface area contributed by atoms with Gasteiger partial charge >= 0.3 is 11.9 Å². The number of hydrogen-bond donors (Lipinski definition) is 0. The first-order chi connectivity index (χ1) is 8.65. The maximum absolute atomic E-state index is 11.5. The Morgan fingerprint density at radius 2 is 1.83 bits per heavy atom. The molecule has 0 heterocycles. The third-order valence-electron chi connectivity index (χ3n) is 2.26. The van der Waals surface area contributed by atoms with Crippen LogP contribution >= 0.6 is 0 Å². The summed E-state index contributed by atoms with van der Waals surface area (Å²) in [5.74, 6) is -1.33. The van der Waals surface area contributed by atoms with Crippen LogP contribution in [0, 0.1) is 0 Å². The van der Waals surface area contributed by atoms with E-state index in [1.54, 1.807) is 43.3 Å². The predicted octanol–water partition coefficient (Wildman–Crippen LogP) is 3.05. The molecule has 0 bridgehead atoms. The zero-order valence-corrected chi connectivity index (χ0v) is 10.5. The van der Waals surface area contributed by atoms with Gasteiger partial charge in [-0.1, -0.05) is 37.6 Å². The van der Waals surface area contributed by atoms with Crippen LogP contribution in [0.3, 0.4) is 0 Å². The molecule has 0 aromatic heterocycles. The van der Waals surface area contributed by atoms with E-state index < -0.39 is 11.9 Å². The Kier molecular flexibility index (Phi) is 5.64. The minimum atomic E-state index is -0.688. The Bertz CT molecular complexity index is 434. The largest absolute Gasteiger partial charge is 0.386 e. The van der Waals surface area contributed by atoms with Crippen molar-refractivity contribution in [3.8, 4) is 0 Å². The summed E-state index contributed by atoms with van der Waals surface area (Å²) in [7, 11) is 0. The maximum atomic E-state index is 11.5. The molecule has 0 spiro atoms. The molecular weight excluding hydrogens is 232 g/mol. The second-order valence-electron chi connectivity index (χ2n) is 3.78. The van der Waals surface area contributed by atoms with E-state index in [1.165, 1.54) is 0 Å². The molecule has 0 fully saturated rings. The second-order valence-corrected chi connectivity index (χ2v) is 3.78. The van der Waals surface area contributed by atoms with Crippen LogP contribution < -0.4 is 0 Å². The zero-order valence-electron chi connectivity index (χ0n) is 10.5. The summed E-state index contributed by atoms with van der Waals surface area (Å²) in [5, 5.41) is 0. The van der Waals surface area contributed by atoms with Gasteiger partial charge in [0, 0.05) is 5.57 Å². The SMILES string of the molecule is CCC/C=C(\C)C(=O)OOC(=O)c1ccccc1. The molecule has 0 saturated carbocycles. The van der Waals surface area contributed by atoms with E-state index >= 15 is 0 Å². The summed E-state index contributed by atoms with van der Waals surface area (Å²) >= 11 is 0. The van der Waals surface area contributed by atoms with E-state index in [9.17, 15) is 9.59 Å². The number of allylic oxidation sites excluding steroid dienone is 1. The first-order valence-corrected chi connectivity index (χ1v) is 5.80. The van der Waals surface area contributed by atoms with Gasteiger partial charge in [0.05, 0.1) is 5.56 Å². The highest BCUT2D eigenvalue weighted by Crippen LogP contribution is 2.05. The number of carbonyl (C=O) groups excluding carboxylic acids is 2. The van der Waals surface area contributed by atoms with Gasteiger partial charge < -0.3 is 0 Å². The van der Waals surface area contributed by atoms with Crippen molar-refractivity contribution in [2.24, 2.45) is 0 Å². The van der Waals surface area contributed by atoms with Crippen molar-refractivity contribution >= 4 is 11.9 Å². The van der Waals surface area contributed by atoms with Gasteiger partial charge in [-0.25, -0.2) is 19.4 Å². The van der Waals surface area contributed by atoms with Crippen LogP contribution in [-0.2, 0) is 14.6 Å². The number of rotatable bonds is 4. The quantitative estimate of drug-likeness (QED) is 0.467. The summed E-state index contributed by atoms with van der Waals surface area (Å²) in [6, 6.07) is 8.34. The van der Waals surface area contributed by atoms with Crippen LogP contribution in [0.5, 0.6) is 0 Å². The summed E-state index contributed by atoms with van der Waals surface area (Å²) in [5.41, 5.74) is 0.762. The molecule has 0 radical (unpaired) electrons. The Morgan fingerprint density at radius 1 is 1.17 bits per heavy atom. The maximum Gasteiger partial charge on any atom is 0.386 e. The molecule has 0 saturated heterocycles. The molecule has 0 aliphatic rings. The van der Waals surface area contributed by atoms with Crippen LogP contribution in [0.2, 0.25) is 0 Å². The summed E-state index contributed by atoms with van der Waals surface area (Å²) < 4.78 is 0. The van der Waals surface area contributed by atoms with Gasteiger partial charge in [-0.3, -0.25) is 0 Å². The predicted molar refractivity (Wildman–Crippen MR) is 66.6 cm³/mol. The molecule has 0 amide bonds. The first kappa shape index (κ1) is 14.0. The van der Waals surface area contributed by atoms with E-state index in [0.29, 0.717) is 11.1 Å². The normalized spacial score (nSPS) is 10.9. The topological polar surface area (TPSA) is 52.6 Å². The van der Waals surface area contributed by atoms with Crippen LogP contribution in [0.1, 0.15) is 37.0 Å². The molecule has 96 valence electrons. The van der Waals surface area contributed by atoms with Crippen molar-refractivity contribution in [3.05, 3.63) is 47.5 Å². The number of carbonyl (C=O) groups is 2. The van der Waals surface area contributed by atoms with Crippen molar-refractivity contribution in [2.45, 2.75) is 26.7 Å². The summed E-state index contributed by atoms with van der Waals surface area (Å²) in [6.45, 7) is 3.62. The number of hydrogen-bond acceptors (Lipinski definition) is 4. The fourth-order valence-corrected chi connectivity index (χ4v) is 1.21. The van der Waals surface area contributed by atoms with Gasteiger partial charge in [0.1, 0.15) is 0 Å². The second kappa shape index (κ2) is 7.27. The molecular formula is C14H16O4. The highest BCUT2D eigenvalue weighted by Gasteiger charge is 2.12. The molecule has 4 nitrogen and oxygen atoms in total. The van der Waals surface area contributed by atoms with Gasteiger partial charge in [0.25, 0.3) is 0 Å². The Hall–Kier alpha value is -2.10. The molecule has 1 aromatic rings. The Balaban J connectivity index is 2.46. The lowest BCUT2D eigenvalue weighted by Crippen LogP contribution is -2.12. The molecule has 0 aliphatic carbocycles. The highest BCUT2D eigenvalue weighted by molar-refractivity contribution is 5.91. The van der Waals surface area contributed by atoms with E-state index in [0.717, 1.165) is 12.8 Å². The lowest BCUT2D eigenvalue weighted by atomic mass is 10.2. The fourth-order valence-electron chi connectivity index (χ4n) is 1.21. The van der Waals surface area contributed by atoms with Gasteiger partial charge in [-0.2, -0.15) is 0 Å². The minimum absolute atomic E-state index is 0.334. The lowest BCUT2D eigenvalue weighted by Gasteiger charge is -2.03. The molecule has 0 unspecified atom stereocenters. The highest BCUT2D eigenvalue weighted by atomic mass is 17.2. The van der Waals surface area contributed by atoms with Crippen molar-refractivity contribution in [1.82, 2.24) is 0 Å². The molecule has 1 rings (SSSR count). The molecule has 0 atom stereocenters. The average molecular weight is 248 g/mol. The molecule has 0 N–H and O–H groups in total. The molecule has 1 aromatic carbocycles. The minimum Gasteiger partial charge on any atom is -0.242 e. The van der Waals surface area contributed by atoms with Crippen molar-refractivity contribution in [2.75, 3.05) is 0 Å². The van der Waals surface area contributed by atoms with Gasteiger partial charge in [-0.15, -0.1) is 0 Å². The van der Waals surface area contributed by atoms with Gasteiger partial charge in [0.2, 0.25) is 0 Å². The number of benzene rings is 1. The lowest BCUT2D eigenvalue weighted by molar-refractivity contribution is -0.229. The van der Waals surface area contributed by atoms with E-state index in [2.05, 4.69) is 9.78 Å². The van der Waals surface area contributed by atoms with Crippen LogP contribution in [-0.4, -0.2) is 11.9 Å². The van der Waals surface area contributed by atoms with Crippen LogP contribution in [0.15, 0.2) is 42.0 Å². The van der Waals surface area contributed by atoms with Crippen molar-refractivity contribution in [3.63, 3.8) is 0 Å². The van der Waals surface area contributed by atoms with Gasteiger partial charge in [-0.05, 0) is 25.5 Å². The zero-order chi connectivity index (χ0) is 13.4. The van der Waals surface area contributed by atoms with E-state index in [1.807, 2.05) is 6.92 Å². The van der Waals surface area contributed by atoms with Crippen LogP contribution in [0.4, 0.5) is 0 Å². The standard InChI is InChI=1S/C14H16O4/c1-3-4-8-11(2)13(15)17-18-14(16)12-9-6-5-7-10-12/h5-10H,3-4H2,1-2H3/b11-8+. The summed E-state index contributed by atoms with van der Waals surface area (Å²) in [4.78, 5) is 31.8. The molecule has 18 heavy (non-hydrogen) atoms. The van der Waals surface area contributed by atoms with Gasteiger partial charge in [0.15, 0.2) is 0 Å². The van der Waals surface area contributed by atoms with Crippen molar-refractivity contribution < 1.29 is 19.4 Å². The monoisotopic (exact) mass is 248 g/mol. The van der Waals surface area contributed by atoms with Crippen LogP contribution in [0.25, 0.3) is 0 Å². The third kappa shape index (κ3) is 4.41. The van der Waals surface area contributed by atoms with E-state index in [-0.39, 0.29) is 0 Å². The van der Waals surface area contributed by atoms with Crippen molar-refractivity contribution in [1.29, 1.82) is 0 Å². The number of unbranched alkanes of at least 4 members (excludes halogenated alkanes) is 1. The first-order valence-electron chi connectivity index (χ1n) is 5.80. The third-order valence-corrected chi connectivity index (χ3v) is 2.26. The molecule has 4 heteroatoms.